The number of phenolic OH excluding ortho intramolecular Hbond substituents is 2. The molecule has 3 rings (SSSR count). The van der Waals surface area contributed by atoms with Gasteiger partial charge < -0.3 is 24.4 Å². The summed E-state index contributed by atoms with van der Waals surface area (Å²) in [6.45, 7) is 7.67. The van der Waals surface area contributed by atoms with E-state index in [1.165, 1.54) is 32.4 Å². The zero-order valence-corrected chi connectivity index (χ0v) is 16.4. The molecule has 0 saturated heterocycles. The van der Waals surface area contributed by atoms with E-state index in [2.05, 4.69) is 6.58 Å². The van der Waals surface area contributed by atoms with Gasteiger partial charge in [-0.15, -0.1) is 6.58 Å². The maximum absolute atomic E-state index is 13.4. The molecular weight excluding hydrogens is 360 g/mol. The summed E-state index contributed by atoms with van der Waals surface area (Å²) < 4.78 is 16.7. The highest BCUT2D eigenvalue weighted by molar-refractivity contribution is 6.05. The third-order valence-corrected chi connectivity index (χ3v) is 5.21. The quantitative estimate of drug-likeness (QED) is 0.757. The number of Topliss-reactive ketones (excluding diaryl/α,β-unsaturated/α-hetero) is 1. The second-order valence-corrected chi connectivity index (χ2v) is 7.33. The predicted octanol–water partition coefficient (Wildman–Crippen LogP) is 4.05. The molecule has 2 atom stereocenters. The van der Waals surface area contributed by atoms with Crippen LogP contribution in [0, 0.1) is 5.41 Å². The maximum atomic E-state index is 13.4. The summed E-state index contributed by atoms with van der Waals surface area (Å²) in [5.74, 6) is -0.364. The van der Waals surface area contributed by atoms with Crippen LogP contribution in [0.3, 0.4) is 0 Å². The number of aromatic hydroxyl groups is 2. The summed E-state index contributed by atoms with van der Waals surface area (Å²) in [6.07, 6.45) is 1.06. The van der Waals surface area contributed by atoms with Gasteiger partial charge in [-0.3, -0.25) is 4.79 Å². The first-order valence-corrected chi connectivity index (χ1v) is 8.86. The first kappa shape index (κ1) is 19.6. The Balaban J connectivity index is 2.23. The molecule has 2 aromatic rings. The maximum Gasteiger partial charge on any atom is 0.203 e. The minimum Gasteiger partial charge on any atom is -0.508 e. The molecule has 6 heteroatoms. The van der Waals surface area contributed by atoms with Gasteiger partial charge in [0.2, 0.25) is 5.75 Å². The van der Waals surface area contributed by atoms with Gasteiger partial charge in [0.1, 0.15) is 17.6 Å². The molecule has 1 aliphatic heterocycles. The first-order valence-electron chi connectivity index (χ1n) is 8.86. The number of hydrogen-bond acceptors (Lipinski definition) is 6. The number of benzene rings is 2. The van der Waals surface area contributed by atoms with Crippen LogP contribution in [0.1, 0.15) is 35.7 Å². The number of hydrogen-bond donors (Lipinski definition) is 2. The van der Waals surface area contributed by atoms with Crippen molar-refractivity contribution in [1.29, 1.82) is 0 Å². The molecule has 0 spiro atoms. The van der Waals surface area contributed by atoms with Gasteiger partial charge >= 0.3 is 0 Å². The van der Waals surface area contributed by atoms with E-state index in [-0.39, 0.29) is 23.0 Å². The molecule has 0 fully saturated rings. The molecule has 6 nitrogen and oxygen atoms in total. The zero-order valence-electron chi connectivity index (χ0n) is 16.4. The Morgan fingerprint density at radius 3 is 2.46 bits per heavy atom. The van der Waals surface area contributed by atoms with Crippen LogP contribution >= 0.6 is 0 Å². The highest BCUT2D eigenvalue weighted by Gasteiger charge is 2.46. The third-order valence-electron chi connectivity index (χ3n) is 5.21. The van der Waals surface area contributed by atoms with Gasteiger partial charge in [-0.2, -0.15) is 0 Å². The van der Waals surface area contributed by atoms with Crippen LogP contribution in [-0.2, 0) is 0 Å². The van der Waals surface area contributed by atoms with Gasteiger partial charge in [0.25, 0.3) is 0 Å². The highest BCUT2D eigenvalue weighted by atomic mass is 16.5. The predicted molar refractivity (Wildman–Crippen MR) is 105 cm³/mol. The van der Waals surface area contributed by atoms with E-state index in [1.54, 1.807) is 18.2 Å². The number of fused-ring (bicyclic) bond motifs is 1. The van der Waals surface area contributed by atoms with Crippen LogP contribution in [0.4, 0.5) is 0 Å². The second kappa shape index (κ2) is 7.11. The fourth-order valence-electron chi connectivity index (χ4n) is 3.50. The van der Waals surface area contributed by atoms with Crippen molar-refractivity contribution < 1.29 is 29.2 Å². The number of carbonyl (C=O) groups excluding carboxylic acids is 1. The summed E-state index contributed by atoms with van der Waals surface area (Å²) in [4.78, 5) is 13.4. The van der Waals surface area contributed by atoms with E-state index < -0.39 is 17.4 Å². The number of carbonyl (C=O) groups is 1. The molecule has 0 aromatic heterocycles. The van der Waals surface area contributed by atoms with Crippen molar-refractivity contribution in [1.82, 2.24) is 0 Å². The molecule has 0 bridgehead atoms. The number of rotatable bonds is 5. The van der Waals surface area contributed by atoms with Gasteiger partial charge in [0.05, 0.1) is 25.7 Å². The summed E-state index contributed by atoms with van der Waals surface area (Å²) >= 11 is 0. The number of ether oxygens (including phenoxy) is 3. The summed E-state index contributed by atoms with van der Waals surface area (Å²) in [6, 6.07) is 7.66. The molecule has 2 unspecified atom stereocenters. The van der Waals surface area contributed by atoms with E-state index >= 15 is 0 Å². The van der Waals surface area contributed by atoms with Gasteiger partial charge in [-0.1, -0.05) is 26.0 Å². The van der Waals surface area contributed by atoms with E-state index in [9.17, 15) is 15.0 Å². The van der Waals surface area contributed by atoms with Crippen LogP contribution in [0.25, 0.3) is 0 Å². The largest absolute Gasteiger partial charge is 0.508 e. The molecule has 1 heterocycles. The van der Waals surface area contributed by atoms with Crippen LogP contribution in [0.2, 0.25) is 0 Å². The molecular formula is C22H24O6. The topological polar surface area (TPSA) is 85.2 Å². The van der Waals surface area contributed by atoms with Gasteiger partial charge in [-0.05, 0) is 18.2 Å². The van der Waals surface area contributed by atoms with E-state index in [0.29, 0.717) is 22.6 Å². The minimum atomic E-state index is -0.801. The number of methoxy groups -OCH3 is 2. The number of phenols is 2. The molecule has 2 N–H and O–H groups in total. The first-order chi connectivity index (χ1) is 13.2. The van der Waals surface area contributed by atoms with Gasteiger partial charge in [0.15, 0.2) is 17.3 Å². The average Bonchev–Trinajstić information content (AvgIpc) is 2.67. The fourth-order valence-corrected chi connectivity index (χ4v) is 3.50. The van der Waals surface area contributed by atoms with E-state index in [4.69, 9.17) is 14.2 Å². The molecule has 0 aliphatic carbocycles. The van der Waals surface area contributed by atoms with Crippen LogP contribution in [0.5, 0.6) is 28.7 Å². The lowest BCUT2D eigenvalue weighted by atomic mass is 9.72. The molecule has 28 heavy (non-hydrogen) atoms. The Kier molecular flexibility index (Phi) is 4.98. The standard InChI is InChI=1S/C22H24O6/c1-6-22(2,3)21-17(14-9-10-15(26-4)20(27-5)19(14)25)18(24)13-8-7-12(23)11-16(13)28-21/h6-11,17,21,23,25H,1H2,2-5H3. The van der Waals surface area contributed by atoms with E-state index in [0.717, 1.165) is 0 Å². The van der Waals surface area contributed by atoms with Crippen LogP contribution < -0.4 is 14.2 Å². The summed E-state index contributed by atoms with van der Waals surface area (Å²) in [5.41, 5.74) is 0.109. The van der Waals surface area contributed by atoms with E-state index in [1.807, 2.05) is 13.8 Å². The molecule has 2 aromatic carbocycles. The Bertz CT molecular complexity index is 931. The van der Waals surface area contributed by atoms with Crippen molar-refractivity contribution in [2.24, 2.45) is 5.41 Å². The molecule has 148 valence electrons. The molecule has 1 aliphatic rings. The van der Waals surface area contributed by atoms with Crippen molar-refractivity contribution in [3.05, 3.63) is 54.1 Å². The zero-order chi connectivity index (χ0) is 20.6. The third kappa shape index (κ3) is 3.05. The van der Waals surface area contributed by atoms with Gasteiger partial charge in [0, 0.05) is 17.0 Å². The lowest BCUT2D eigenvalue weighted by molar-refractivity contribution is 0.0509. The lowest BCUT2D eigenvalue weighted by Gasteiger charge is -2.41. The Morgan fingerprint density at radius 2 is 1.86 bits per heavy atom. The van der Waals surface area contributed by atoms with Crippen LogP contribution in [-0.4, -0.2) is 36.3 Å². The van der Waals surface area contributed by atoms with Crippen molar-refractivity contribution in [2.75, 3.05) is 14.2 Å². The summed E-state index contributed by atoms with van der Waals surface area (Å²) in [7, 11) is 2.89. The molecule has 0 radical (unpaired) electrons. The lowest BCUT2D eigenvalue weighted by Crippen LogP contribution is -2.44. The Labute approximate surface area is 164 Å². The Hall–Kier alpha value is -3.15. The SMILES string of the molecule is C=CC(C)(C)C1Oc2cc(O)ccc2C(=O)C1c1ccc(OC)c(OC)c1O. The van der Waals surface area contributed by atoms with Crippen LogP contribution in [0.15, 0.2) is 43.0 Å². The van der Waals surface area contributed by atoms with Crippen molar-refractivity contribution in [2.45, 2.75) is 25.9 Å². The molecule has 0 saturated carbocycles. The van der Waals surface area contributed by atoms with Crippen molar-refractivity contribution in [3.63, 3.8) is 0 Å². The normalized spacial score (nSPS) is 18.8. The van der Waals surface area contributed by atoms with Gasteiger partial charge in [-0.25, -0.2) is 0 Å². The number of ketones is 1. The highest BCUT2D eigenvalue weighted by Crippen LogP contribution is 2.49. The minimum absolute atomic E-state index is 0.00845. The fraction of sp³-hybridized carbons (Fsp3) is 0.318. The molecule has 0 amide bonds. The average molecular weight is 384 g/mol. The summed E-state index contributed by atoms with van der Waals surface area (Å²) in [5, 5.41) is 20.6. The Morgan fingerprint density at radius 1 is 1.14 bits per heavy atom. The van der Waals surface area contributed by atoms with Crippen molar-refractivity contribution >= 4 is 5.78 Å². The second-order valence-electron chi connectivity index (χ2n) is 7.33. The van der Waals surface area contributed by atoms with Crippen molar-refractivity contribution in [3.8, 4) is 28.7 Å². The smallest absolute Gasteiger partial charge is 0.203 e. The monoisotopic (exact) mass is 384 g/mol.